The van der Waals surface area contributed by atoms with Gasteiger partial charge in [-0.05, 0) is 75.4 Å². The zero-order chi connectivity index (χ0) is 26.9. The lowest BCUT2D eigenvalue weighted by Gasteiger charge is -2.27. The molecule has 1 saturated carbocycles. The number of hydrogen-bond acceptors (Lipinski definition) is 8. The Bertz CT molecular complexity index is 1230. The van der Waals surface area contributed by atoms with E-state index in [0.717, 1.165) is 31.2 Å². The first-order valence-electron chi connectivity index (χ1n) is 13.1. The summed E-state index contributed by atoms with van der Waals surface area (Å²) in [7, 11) is 0. The molecule has 0 bridgehead atoms. The number of rotatable bonds is 11. The molecular formula is C29H33N3O6. The third-order valence-electron chi connectivity index (χ3n) is 6.57. The molecule has 3 aromatic rings. The lowest BCUT2D eigenvalue weighted by molar-refractivity contribution is -0.149. The average Bonchev–Trinajstić information content (AvgIpc) is 3.38. The van der Waals surface area contributed by atoms with Crippen LogP contribution in [0.1, 0.15) is 72.1 Å². The molecule has 38 heavy (non-hydrogen) atoms. The summed E-state index contributed by atoms with van der Waals surface area (Å²) in [6, 6.07) is 14.1. The summed E-state index contributed by atoms with van der Waals surface area (Å²) in [5, 5.41) is 6.72. The van der Waals surface area contributed by atoms with E-state index < -0.39 is 0 Å². The first-order valence-corrected chi connectivity index (χ1v) is 13.1. The standard InChI is InChI=1S/C29H33N3O6/c1-3-36-29(35)23-12-16-25(17-13-23)37-24-14-10-20(11-15-24)26(33)5-4-18-30-28(34)22-8-6-21(7-9-22)27-31-19(2)38-32-27/h6-11,14-15,23,25H,3-5,12-13,16-18H2,1-2H3,(H,30,34). The number of benzene rings is 2. The second-order valence-electron chi connectivity index (χ2n) is 9.36. The highest BCUT2D eigenvalue weighted by Gasteiger charge is 2.28. The molecule has 0 unspecified atom stereocenters. The van der Waals surface area contributed by atoms with Crippen molar-refractivity contribution in [1.29, 1.82) is 0 Å². The fourth-order valence-electron chi connectivity index (χ4n) is 4.47. The van der Waals surface area contributed by atoms with Gasteiger partial charge in [0.05, 0.1) is 18.6 Å². The third-order valence-corrected chi connectivity index (χ3v) is 6.57. The second-order valence-corrected chi connectivity index (χ2v) is 9.36. The molecule has 1 aliphatic carbocycles. The van der Waals surface area contributed by atoms with Crippen LogP contribution in [0.3, 0.4) is 0 Å². The quantitative estimate of drug-likeness (QED) is 0.215. The van der Waals surface area contributed by atoms with Crippen molar-refractivity contribution in [2.24, 2.45) is 5.92 Å². The van der Waals surface area contributed by atoms with E-state index in [1.807, 2.05) is 19.1 Å². The maximum Gasteiger partial charge on any atom is 0.308 e. The van der Waals surface area contributed by atoms with Crippen LogP contribution in [-0.2, 0) is 9.53 Å². The van der Waals surface area contributed by atoms with Crippen LogP contribution < -0.4 is 10.1 Å². The Morgan fingerprint density at radius 1 is 0.974 bits per heavy atom. The van der Waals surface area contributed by atoms with Crippen LogP contribution in [0, 0.1) is 12.8 Å². The molecule has 0 radical (unpaired) electrons. The second kappa shape index (κ2) is 13.0. The van der Waals surface area contributed by atoms with Crippen LogP contribution in [0.15, 0.2) is 53.1 Å². The van der Waals surface area contributed by atoms with E-state index >= 15 is 0 Å². The highest BCUT2D eigenvalue weighted by Crippen LogP contribution is 2.29. The van der Waals surface area contributed by atoms with Gasteiger partial charge in [0.2, 0.25) is 11.7 Å². The Hall–Kier alpha value is -4.01. The van der Waals surface area contributed by atoms with Gasteiger partial charge in [0.1, 0.15) is 5.75 Å². The van der Waals surface area contributed by atoms with Crippen molar-refractivity contribution in [3.63, 3.8) is 0 Å². The molecule has 4 rings (SSSR count). The van der Waals surface area contributed by atoms with Crippen molar-refractivity contribution in [2.45, 2.75) is 58.5 Å². The lowest BCUT2D eigenvalue weighted by Crippen LogP contribution is -2.29. The van der Waals surface area contributed by atoms with E-state index in [0.29, 0.717) is 54.6 Å². The molecule has 0 atom stereocenters. The fourth-order valence-corrected chi connectivity index (χ4v) is 4.47. The number of Topliss-reactive ketones (excluding diaryl/α,β-unsaturated/α-hetero) is 1. The van der Waals surface area contributed by atoms with Gasteiger partial charge in [-0.25, -0.2) is 0 Å². The number of carbonyl (C=O) groups is 3. The third kappa shape index (κ3) is 7.27. The molecule has 1 N–H and O–H groups in total. The minimum atomic E-state index is -0.203. The van der Waals surface area contributed by atoms with Gasteiger partial charge in [-0.1, -0.05) is 17.3 Å². The molecule has 1 heterocycles. The Morgan fingerprint density at radius 2 is 1.66 bits per heavy atom. The van der Waals surface area contributed by atoms with E-state index in [1.54, 1.807) is 43.3 Å². The Morgan fingerprint density at radius 3 is 2.29 bits per heavy atom. The van der Waals surface area contributed by atoms with Gasteiger partial charge >= 0.3 is 5.97 Å². The number of nitrogens with zero attached hydrogens (tertiary/aromatic N) is 2. The number of aromatic nitrogens is 2. The van der Waals surface area contributed by atoms with Crippen LogP contribution in [0.2, 0.25) is 0 Å². The number of ether oxygens (including phenoxy) is 2. The summed E-state index contributed by atoms with van der Waals surface area (Å²) in [6.07, 6.45) is 4.06. The topological polar surface area (TPSA) is 121 Å². The monoisotopic (exact) mass is 519 g/mol. The summed E-state index contributed by atoms with van der Waals surface area (Å²) in [5.41, 5.74) is 1.90. The van der Waals surface area contributed by atoms with Gasteiger partial charge in [0.15, 0.2) is 5.78 Å². The highest BCUT2D eigenvalue weighted by molar-refractivity contribution is 5.96. The van der Waals surface area contributed by atoms with E-state index in [2.05, 4.69) is 15.5 Å². The van der Waals surface area contributed by atoms with Crippen LogP contribution in [0.4, 0.5) is 0 Å². The lowest BCUT2D eigenvalue weighted by atomic mass is 9.87. The Balaban J connectivity index is 1.16. The van der Waals surface area contributed by atoms with E-state index in [4.69, 9.17) is 14.0 Å². The molecule has 9 nitrogen and oxygen atoms in total. The molecule has 2 aromatic carbocycles. The number of nitrogens with one attached hydrogen (secondary N) is 1. The van der Waals surface area contributed by atoms with Crippen molar-refractivity contribution in [1.82, 2.24) is 15.5 Å². The van der Waals surface area contributed by atoms with Crippen molar-refractivity contribution in [3.8, 4) is 17.1 Å². The highest BCUT2D eigenvalue weighted by atomic mass is 16.5. The van der Waals surface area contributed by atoms with Crippen molar-refractivity contribution < 1.29 is 28.4 Å². The summed E-state index contributed by atoms with van der Waals surface area (Å²) in [6.45, 7) is 4.34. The molecule has 1 aromatic heterocycles. The molecule has 9 heteroatoms. The number of amides is 1. The first kappa shape index (κ1) is 27.0. The van der Waals surface area contributed by atoms with Gasteiger partial charge < -0.3 is 19.3 Å². The SMILES string of the molecule is CCOC(=O)C1CCC(Oc2ccc(C(=O)CCCNC(=O)c3ccc(-c4noc(C)n4)cc3)cc2)CC1. The van der Waals surface area contributed by atoms with Crippen LogP contribution >= 0.6 is 0 Å². The molecule has 1 aliphatic rings. The normalized spacial score (nSPS) is 17.0. The molecule has 1 fully saturated rings. The van der Waals surface area contributed by atoms with Gasteiger partial charge in [-0.2, -0.15) is 4.98 Å². The van der Waals surface area contributed by atoms with Crippen LogP contribution in [0.25, 0.3) is 11.4 Å². The van der Waals surface area contributed by atoms with Gasteiger partial charge in [-0.15, -0.1) is 0 Å². The number of carbonyl (C=O) groups excluding carboxylic acids is 3. The largest absolute Gasteiger partial charge is 0.490 e. The zero-order valence-corrected chi connectivity index (χ0v) is 21.8. The molecular weight excluding hydrogens is 486 g/mol. The number of ketones is 1. The summed E-state index contributed by atoms with van der Waals surface area (Å²) < 4.78 is 16.2. The zero-order valence-electron chi connectivity index (χ0n) is 21.8. The van der Waals surface area contributed by atoms with Gasteiger partial charge in [0.25, 0.3) is 5.91 Å². The minimum absolute atomic E-state index is 0.0144. The van der Waals surface area contributed by atoms with E-state index in [9.17, 15) is 14.4 Å². The maximum absolute atomic E-state index is 12.6. The minimum Gasteiger partial charge on any atom is -0.490 e. The molecule has 0 saturated heterocycles. The average molecular weight is 520 g/mol. The first-order chi connectivity index (χ1) is 18.4. The smallest absolute Gasteiger partial charge is 0.308 e. The Labute approximate surface area is 221 Å². The van der Waals surface area contributed by atoms with Crippen LogP contribution in [-0.4, -0.2) is 47.1 Å². The van der Waals surface area contributed by atoms with Gasteiger partial charge in [-0.3, -0.25) is 14.4 Å². The number of esters is 1. The summed E-state index contributed by atoms with van der Waals surface area (Å²) in [5.74, 6) is 1.34. The number of aryl methyl sites for hydroxylation is 1. The Kier molecular flexibility index (Phi) is 9.24. The summed E-state index contributed by atoms with van der Waals surface area (Å²) >= 11 is 0. The molecule has 0 spiro atoms. The predicted molar refractivity (Wildman–Crippen MR) is 140 cm³/mol. The van der Waals surface area contributed by atoms with Crippen molar-refractivity contribution >= 4 is 17.7 Å². The van der Waals surface area contributed by atoms with E-state index in [1.165, 1.54) is 0 Å². The summed E-state index contributed by atoms with van der Waals surface area (Å²) in [4.78, 5) is 41.0. The molecule has 1 amide bonds. The van der Waals surface area contributed by atoms with Crippen LogP contribution in [0.5, 0.6) is 5.75 Å². The van der Waals surface area contributed by atoms with Crippen molar-refractivity contribution in [3.05, 3.63) is 65.5 Å². The predicted octanol–water partition coefficient (Wildman–Crippen LogP) is 4.94. The molecule has 200 valence electrons. The maximum atomic E-state index is 12.6. The number of hydrogen-bond donors (Lipinski definition) is 1. The van der Waals surface area contributed by atoms with E-state index in [-0.39, 0.29) is 29.7 Å². The van der Waals surface area contributed by atoms with Gasteiger partial charge in [0, 0.05) is 36.6 Å². The fraction of sp³-hybridized carbons (Fsp3) is 0.414. The molecule has 0 aliphatic heterocycles. The van der Waals surface area contributed by atoms with Crippen molar-refractivity contribution in [2.75, 3.05) is 13.2 Å².